The van der Waals surface area contributed by atoms with Gasteiger partial charge in [0.25, 0.3) is 0 Å². The second kappa shape index (κ2) is 2.07. The summed E-state index contributed by atoms with van der Waals surface area (Å²) in [5, 5.41) is 9.77. The van der Waals surface area contributed by atoms with Crippen molar-refractivity contribution in [3.63, 3.8) is 0 Å². The van der Waals surface area contributed by atoms with Gasteiger partial charge < -0.3 is 14.6 Å². The van der Waals surface area contributed by atoms with E-state index in [1.807, 2.05) is 6.92 Å². The van der Waals surface area contributed by atoms with Gasteiger partial charge in [0, 0.05) is 5.92 Å². The van der Waals surface area contributed by atoms with Crippen LogP contribution in [0.25, 0.3) is 0 Å². The van der Waals surface area contributed by atoms with Gasteiger partial charge in [-0.3, -0.25) is 4.79 Å². The molecule has 2 saturated heterocycles. The predicted molar refractivity (Wildman–Crippen MR) is 41.6 cm³/mol. The number of hydrogen-bond donors (Lipinski definition) is 1. The molecule has 5 unspecified atom stereocenters. The maximum atomic E-state index is 10.9. The summed E-state index contributed by atoms with van der Waals surface area (Å²) in [7, 11) is 0. The van der Waals surface area contributed by atoms with Crippen LogP contribution in [0.15, 0.2) is 0 Å². The Kier molecular flexibility index (Phi) is 1.23. The van der Waals surface area contributed by atoms with Gasteiger partial charge >= 0.3 is 5.97 Å². The molecular weight excluding hydrogens is 172 g/mol. The van der Waals surface area contributed by atoms with Gasteiger partial charge in [0.15, 0.2) is 0 Å². The van der Waals surface area contributed by atoms with Crippen molar-refractivity contribution in [2.24, 2.45) is 11.8 Å². The zero-order chi connectivity index (χ0) is 9.22. The van der Waals surface area contributed by atoms with E-state index < -0.39 is 11.9 Å². The lowest BCUT2D eigenvalue weighted by Gasteiger charge is -2.17. The predicted octanol–water partition coefficient (Wildman–Crippen LogP) is 0.0453. The lowest BCUT2D eigenvalue weighted by Crippen LogP contribution is -2.26. The van der Waals surface area contributed by atoms with E-state index in [4.69, 9.17) is 9.47 Å². The van der Waals surface area contributed by atoms with Crippen LogP contribution in [0.1, 0.15) is 19.8 Å². The Morgan fingerprint density at radius 3 is 3.15 bits per heavy atom. The van der Waals surface area contributed by atoms with Gasteiger partial charge in [-0.1, -0.05) is 6.92 Å². The average molecular weight is 184 g/mol. The molecule has 3 aliphatic rings. The van der Waals surface area contributed by atoms with E-state index in [2.05, 4.69) is 0 Å². The third-order valence-corrected chi connectivity index (χ3v) is 3.45. The molecule has 4 nitrogen and oxygen atoms in total. The van der Waals surface area contributed by atoms with Crippen molar-refractivity contribution in [2.75, 3.05) is 0 Å². The van der Waals surface area contributed by atoms with Crippen molar-refractivity contribution in [1.29, 1.82) is 0 Å². The van der Waals surface area contributed by atoms with Crippen LogP contribution >= 0.6 is 0 Å². The SMILES string of the molecule is CCC1OC23OC(=O)CC2C3C1O. The van der Waals surface area contributed by atoms with Crippen molar-refractivity contribution in [1.82, 2.24) is 0 Å². The van der Waals surface area contributed by atoms with E-state index >= 15 is 0 Å². The van der Waals surface area contributed by atoms with Crippen LogP contribution in [0.4, 0.5) is 0 Å². The highest BCUT2D eigenvalue weighted by molar-refractivity contribution is 5.75. The van der Waals surface area contributed by atoms with Gasteiger partial charge in [-0.25, -0.2) is 0 Å². The zero-order valence-electron chi connectivity index (χ0n) is 7.40. The van der Waals surface area contributed by atoms with Gasteiger partial charge in [0.05, 0.1) is 24.5 Å². The summed E-state index contributed by atoms with van der Waals surface area (Å²) in [5.41, 5.74) is 0. The minimum Gasteiger partial charge on any atom is -0.432 e. The molecule has 0 radical (unpaired) electrons. The van der Waals surface area contributed by atoms with Crippen LogP contribution in [-0.4, -0.2) is 29.1 Å². The van der Waals surface area contributed by atoms with Crippen LogP contribution < -0.4 is 0 Å². The Morgan fingerprint density at radius 1 is 1.69 bits per heavy atom. The fourth-order valence-electron chi connectivity index (χ4n) is 2.78. The van der Waals surface area contributed by atoms with Gasteiger partial charge in [-0.05, 0) is 6.42 Å². The van der Waals surface area contributed by atoms with E-state index in [1.165, 1.54) is 0 Å². The summed E-state index contributed by atoms with van der Waals surface area (Å²) in [6.07, 6.45) is 0.595. The number of fused-ring (bicyclic) bond motifs is 1. The molecule has 3 fully saturated rings. The Labute approximate surface area is 75.8 Å². The monoisotopic (exact) mass is 184 g/mol. The van der Waals surface area contributed by atoms with Crippen LogP contribution in [-0.2, 0) is 14.3 Å². The minimum atomic E-state index is -0.711. The molecule has 4 heteroatoms. The third kappa shape index (κ3) is 0.718. The molecule has 0 amide bonds. The van der Waals surface area contributed by atoms with E-state index in [9.17, 15) is 9.90 Å². The van der Waals surface area contributed by atoms with E-state index in [-0.39, 0.29) is 23.9 Å². The summed E-state index contributed by atoms with van der Waals surface area (Å²) < 4.78 is 10.7. The molecule has 3 rings (SSSR count). The van der Waals surface area contributed by atoms with E-state index in [0.717, 1.165) is 6.42 Å². The van der Waals surface area contributed by atoms with Crippen LogP contribution in [0.2, 0.25) is 0 Å². The van der Waals surface area contributed by atoms with Gasteiger partial charge in [-0.15, -0.1) is 0 Å². The maximum absolute atomic E-state index is 10.9. The molecular formula is C9H12O4. The lowest BCUT2D eigenvalue weighted by atomic mass is 10.1. The van der Waals surface area contributed by atoms with Crippen LogP contribution in [0.5, 0.6) is 0 Å². The molecule has 1 saturated carbocycles. The highest BCUT2D eigenvalue weighted by Crippen LogP contribution is 2.67. The van der Waals surface area contributed by atoms with Crippen molar-refractivity contribution in [3.8, 4) is 0 Å². The summed E-state index contributed by atoms with van der Waals surface area (Å²) >= 11 is 0. The molecule has 0 aromatic rings. The molecule has 2 heterocycles. The number of ether oxygens (including phenoxy) is 2. The molecule has 0 aromatic carbocycles. The normalized spacial score (nSPS) is 57.2. The Balaban J connectivity index is 1.85. The standard InChI is InChI=1S/C9H12O4/c1-2-5-8(11)7-4-3-6(10)13-9(4,7)12-5/h4-5,7-8,11H,2-3H2,1H3. The first kappa shape index (κ1) is 7.76. The van der Waals surface area contributed by atoms with Crippen molar-refractivity contribution in [2.45, 2.75) is 37.8 Å². The largest absolute Gasteiger partial charge is 0.432 e. The molecule has 1 aliphatic carbocycles. The zero-order valence-corrected chi connectivity index (χ0v) is 7.40. The quantitative estimate of drug-likeness (QED) is 0.585. The Bertz CT molecular complexity index is 277. The van der Waals surface area contributed by atoms with Crippen LogP contribution in [0.3, 0.4) is 0 Å². The number of esters is 1. The molecule has 0 aromatic heterocycles. The van der Waals surface area contributed by atoms with Gasteiger partial charge in [0.1, 0.15) is 0 Å². The summed E-state index contributed by atoms with van der Waals surface area (Å²) in [5.74, 6) is -0.727. The lowest BCUT2D eigenvalue weighted by molar-refractivity contribution is -0.183. The molecule has 0 bridgehead atoms. The van der Waals surface area contributed by atoms with E-state index in [0.29, 0.717) is 6.42 Å². The fraction of sp³-hybridized carbons (Fsp3) is 0.889. The van der Waals surface area contributed by atoms with Crippen molar-refractivity contribution >= 4 is 5.97 Å². The second-order valence-electron chi connectivity index (χ2n) is 4.09. The fourth-order valence-corrected chi connectivity index (χ4v) is 2.78. The highest BCUT2D eigenvalue weighted by Gasteiger charge is 2.81. The second-order valence-corrected chi connectivity index (χ2v) is 4.09. The number of rotatable bonds is 1. The first-order chi connectivity index (χ1) is 6.19. The summed E-state index contributed by atoms with van der Waals surface area (Å²) in [6, 6.07) is 0. The van der Waals surface area contributed by atoms with Gasteiger partial charge in [0.2, 0.25) is 5.79 Å². The van der Waals surface area contributed by atoms with Crippen LogP contribution in [0, 0.1) is 11.8 Å². The number of aliphatic hydroxyl groups is 1. The Hall–Kier alpha value is -0.610. The minimum absolute atomic E-state index is 0.0511. The average Bonchev–Trinajstić information content (AvgIpc) is 2.40. The molecule has 72 valence electrons. The number of carbonyl (C=O) groups is 1. The highest BCUT2D eigenvalue weighted by atomic mass is 16.8. The number of aliphatic hydroxyl groups excluding tert-OH is 1. The van der Waals surface area contributed by atoms with E-state index in [1.54, 1.807) is 0 Å². The maximum Gasteiger partial charge on any atom is 0.308 e. The molecule has 5 atom stereocenters. The Morgan fingerprint density at radius 2 is 2.46 bits per heavy atom. The molecule has 1 spiro atoms. The number of carbonyl (C=O) groups excluding carboxylic acids is 1. The molecule has 1 N–H and O–H groups in total. The third-order valence-electron chi connectivity index (χ3n) is 3.45. The first-order valence-corrected chi connectivity index (χ1v) is 4.76. The van der Waals surface area contributed by atoms with Crippen molar-refractivity contribution < 1.29 is 19.4 Å². The molecule has 2 aliphatic heterocycles. The summed E-state index contributed by atoms with van der Waals surface area (Å²) in [4.78, 5) is 10.9. The summed E-state index contributed by atoms with van der Waals surface area (Å²) in [6.45, 7) is 1.96. The van der Waals surface area contributed by atoms with Crippen molar-refractivity contribution in [3.05, 3.63) is 0 Å². The molecule has 13 heavy (non-hydrogen) atoms. The van der Waals surface area contributed by atoms with Gasteiger partial charge in [-0.2, -0.15) is 0 Å². The topological polar surface area (TPSA) is 55.8 Å². The first-order valence-electron chi connectivity index (χ1n) is 4.76. The smallest absolute Gasteiger partial charge is 0.308 e. The number of hydrogen-bond acceptors (Lipinski definition) is 4.